The summed E-state index contributed by atoms with van der Waals surface area (Å²) in [5.74, 6) is -0.340. The average molecular weight is 421 g/mol. The second kappa shape index (κ2) is 7.87. The summed E-state index contributed by atoms with van der Waals surface area (Å²) in [7, 11) is 0. The Balaban J connectivity index is 2.43. The molecule has 0 amide bonds. The maximum atomic E-state index is 12.3. The van der Waals surface area contributed by atoms with E-state index in [2.05, 4.69) is 9.97 Å². The molecule has 0 saturated carbocycles. The number of nitrogens with zero attached hydrogens (tertiary/aromatic N) is 4. The molecule has 0 aromatic heterocycles. The van der Waals surface area contributed by atoms with E-state index in [0.717, 1.165) is 4.57 Å². The standard InChI is InChI=1S/C17H19N5O8/c1-6-3-8-13(12(7(6)2)22(29)30)21(4-9(24)14(26)10(25)5-23)15-11(18-8)16(27)20-17(28)19-15/h3,9-10,14,23-26H,4-5H2,1-2H3,(H,20,27,28)/t9-,10+,14-/m0/s1. The lowest BCUT2D eigenvalue weighted by Crippen LogP contribution is -2.42. The molecule has 1 aromatic carbocycles. The first-order valence-corrected chi connectivity index (χ1v) is 8.81. The Hall–Kier alpha value is -3.26. The second-order valence-corrected chi connectivity index (χ2v) is 6.87. The number of rotatable bonds is 6. The van der Waals surface area contributed by atoms with E-state index in [1.54, 1.807) is 6.92 Å². The lowest BCUT2D eigenvalue weighted by Gasteiger charge is -2.25. The van der Waals surface area contributed by atoms with Crippen LogP contribution in [0.2, 0.25) is 0 Å². The molecular weight excluding hydrogens is 402 g/mol. The smallest absolute Gasteiger partial charge is 0.349 e. The van der Waals surface area contributed by atoms with E-state index in [4.69, 9.17) is 5.11 Å². The van der Waals surface area contributed by atoms with Gasteiger partial charge in [-0.15, -0.1) is 0 Å². The highest BCUT2D eigenvalue weighted by molar-refractivity contribution is 5.90. The van der Waals surface area contributed by atoms with Gasteiger partial charge in [0.05, 0.1) is 23.6 Å². The van der Waals surface area contributed by atoms with E-state index >= 15 is 0 Å². The Morgan fingerprint density at radius 1 is 1.20 bits per heavy atom. The van der Waals surface area contributed by atoms with E-state index in [1.807, 2.05) is 4.98 Å². The number of H-pyrrole nitrogens is 1. The number of hydrogen-bond donors (Lipinski definition) is 5. The number of aliphatic hydroxyl groups is 4. The van der Waals surface area contributed by atoms with Crippen molar-refractivity contribution in [3.8, 4) is 11.5 Å². The van der Waals surface area contributed by atoms with Crippen LogP contribution in [0.1, 0.15) is 11.1 Å². The number of nitro benzene ring substituents is 1. The molecule has 2 heterocycles. The fraction of sp³-hybridized carbons (Fsp3) is 0.412. The first-order chi connectivity index (χ1) is 14.1. The molecule has 13 heteroatoms. The molecule has 0 saturated heterocycles. The summed E-state index contributed by atoms with van der Waals surface area (Å²) >= 11 is 0. The van der Waals surface area contributed by atoms with Gasteiger partial charge in [-0.2, -0.15) is 4.98 Å². The molecule has 3 rings (SSSR count). The lowest BCUT2D eigenvalue weighted by molar-refractivity contribution is -0.383. The summed E-state index contributed by atoms with van der Waals surface area (Å²) in [5, 5.41) is 50.8. The molecule has 0 bridgehead atoms. The van der Waals surface area contributed by atoms with Crippen LogP contribution in [0, 0.1) is 24.0 Å². The van der Waals surface area contributed by atoms with E-state index < -0.39 is 47.6 Å². The van der Waals surface area contributed by atoms with Crippen LogP contribution in [0.4, 0.5) is 5.69 Å². The fourth-order valence-corrected chi connectivity index (χ4v) is 3.23. The molecule has 0 unspecified atom stereocenters. The second-order valence-electron chi connectivity index (χ2n) is 6.87. The quantitative estimate of drug-likeness (QED) is 0.171. The number of nitrogens with one attached hydrogen (secondary N) is 1. The van der Waals surface area contributed by atoms with E-state index in [0.29, 0.717) is 11.1 Å². The molecule has 160 valence electrons. The number of aliphatic hydroxyl groups excluding tert-OH is 4. The summed E-state index contributed by atoms with van der Waals surface area (Å²) in [6.07, 6.45) is -5.24. The van der Waals surface area contributed by atoms with Gasteiger partial charge in [0, 0.05) is 5.56 Å². The van der Waals surface area contributed by atoms with E-state index in [9.17, 15) is 35.0 Å². The fourth-order valence-electron chi connectivity index (χ4n) is 3.23. The lowest BCUT2D eigenvalue weighted by atomic mass is 10.0. The van der Waals surface area contributed by atoms with Gasteiger partial charge in [0.1, 0.15) is 23.8 Å². The van der Waals surface area contributed by atoms with Crippen molar-refractivity contribution in [3.05, 3.63) is 48.1 Å². The van der Waals surface area contributed by atoms with Crippen LogP contribution in [-0.2, 0) is 6.54 Å². The van der Waals surface area contributed by atoms with Crippen molar-refractivity contribution in [3.63, 3.8) is 0 Å². The molecule has 0 fully saturated rings. The van der Waals surface area contributed by atoms with Gasteiger partial charge in [-0.3, -0.25) is 19.9 Å². The normalized spacial score (nSPS) is 14.7. The van der Waals surface area contributed by atoms with Gasteiger partial charge < -0.3 is 25.0 Å². The van der Waals surface area contributed by atoms with Crippen LogP contribution in [0.15, 0.2) is 15.7 Å². The van der Waals surface area contributed by atoms with Crippen LogP contribution in [0.25, 0.3) is 22.6 Å². The van der Waals surface area contributed by atoms with Crippen LogP contribution in [0.5, 0.6) is 0 Å². The minimum atomic E-state index is -1.82. The molecule has 2 aliphatic rings. The Kier molecular flexibility index (Phi) is 5.63. The Labute approximate surface area is 167 Å². The summed E-state index contributed by atoms with van der Waals surface area (Å²) < 4.78 is 1.04. The zero-order valence-corrected chi connectivity index (χ0v) is 15.9. The predicted octanol–water partition coefficient (Wildman–Crippen LogP) is -1.82. The molecule has 30 heavy (non-hydrogen) atoms. The number of fused-ring (bicyclic) bond motifs is 2. The maximum absolute atomic E-state index is 12.3. The van der Waals surface area contributed by atoms with Crippen molar-refractivity contribution < 1.29 is 25.3 Å². The van der Waals surface area contributed by atoms with Crippen molar-refractivity contribution in [1.82, 2.24) is 19.5 Å². The van der Waals surface area contributed by atoms with E-state index in [-0.39, 0.29) is 28.2 Å². The predicted molar refractivity (Wildman–Crippen MR) is 102 cm³/mol. The minimum absolute atomic E-state index is 0.0349. The molecule has 1 aromatic rings. The SMILES string of the molecule is Cc1cc2nc3c(=O)[nH]c(=O)nc-3n(C[C@H](O)[C@H](O)[C@H](O)CO)c2c([N+](=O)[O-])c1C. The molecule has 0 spiro atoms. The highest BCUT2D eigenvalue weighted by Gasteiger charge is 2.31. The number of aromatic amines is 1. The third kappa shape index (κ3) is 3.54. The minimum Gasteiger partial charge on any atom is -0.394 e. The van der Waals surface area contributed by atoms with Gasteiger partial charge >= 0.3 is 5.69 Å². The van der Waals surface area contributed by atoms with E-state index in [1.165, 1.54) is 13.0 Å². The molecule has 2 aliphatic heterocycles. The zero-order valence-electron chi connectivity index (χ0n) is 15.9. The van der Waals surface area contributed by atoms with Crippen molar-refractivity contribution in [2.24, 2.45) is 0 Å². The Bertz CT molecular complexity index is 1220. The monoisotopic (exact) mass is 421 g/mol. The van der Waals surface area contributed by atoms with Crippen LogP contribution in [-0.4, -0.2) is 69.8 Å². The van der Waals surface area contributed by atoms with Gasteiger partial charge in [0.15, 0.2) is 11.5 Å². The average Bonchev–Trinajstić information content (AvgIpc) is 2.68. The highest BCUT2D eigenvalue weighted by atomic mass is 16.6. The van der Waals surface area contributed by atoms with Gasteiger partial charge in [-0.25, -0.2) is 9.78 Å². The molecule has 13 nitrogen and oxygen atoms in total. The van der Waals surface area contributed by atoms with Crippen molar-refractivity contribution in [1.29, 1.82) is 0 Å². The van der Waals surface area contributed by atoms with Gasteiger partial charge in [-0.1, -0.05) is 0 Å². The zero-order chi connectivity index (χ0) is 22.3. The number of benzene rings is 1. The highest BCUT2D eigenvalue weighted by Crippen LogP contribution is 2.33. The summed E-state index contributed by atoms with van der Waals surface area (Å²) in [4.78, 5) is 44.9. The third-order valence-electron chi connectivity index (χ3n) is 4.91. The first kappa shape index (κ1) is 21.4. The number of nitro groups is 1. The van der Waals surface area contributed by atoms with Crippen molar-refractivity contribution in [2.45, 2.75) is 38.7 Å². The summed E-state index contributed by atoms with van der Waals surface area (Å²) in [6, 6.07) is 1.50. The largest absolute Gasteiger partial charge is 0.394 e. The molecule has 5 N–H and O–H groups in total. The molecule has 3 atom stereocenters. The summed E-state index contributed by atoms with van der Waals surface area (Å²) in [6.45, 7) is 1.69. The molecule has 0 aliphatic carbocycles. The van der Waals surface area contributed by atoms with Crippen LogP contribution >= 0.6 is 0 Å². The van der Waals surface area contributed by atoms with Crippen molar-refractivity contribution in [2.75, 3.05) is 6.61 Å². The Morgan fingerprint density at radius 3 is 2.47 bits per heavy atom. The Morgan fingerprint density at radius 2 is 1.87 bits per heavy atom. The maximum Gasteiger partial charge on any atom is 0.349 e. The van der Waals surface area contributed by atoms with Crippen LogP contribution in [0.3, 0.4) is 0 Å². The number of hydrogen-bond acceptors (Lipinski definition) is 10. The van der Waals surface area contributed by atoms with Gasteiger partial charge in [0.2, 0.25) is 0 Å². The third-order valence-corrected chi connectivity index (χ3v) is 4.91. The number of aryl methyl sites for hydroxylation is 1. The van der Waals surface area contributed by atoms with Gasteiger partial charge in [-0.05, 0) is 25.5 Å². The van der Waals surface area contributed by atoms with Crippen LogP contribution < -0.4 is 11.2 Å². The number of aromatic nitrogens is 4. The van der Waals surface area contributed by atoms with Crippen molar-refractivity contribution >= 4 is 16.7 Å². The van der Waals surface area contributed by atoms with Gasteiger partial charge in [0.25, 0.3) is 11.2 Å². The molecule has 0 radical (unpaired) electrons. The summed E-state index contributed by atoms with van der Waals surface area (Å²) in [5.41, 5.74) is -1.87. The molecular formula is C17H19N5O8. The topological polar surface area (TPSA) is 205 Å². The first-order valence-electron chi connectivity index (χ1n) is 8.81.